The number of nitrogens with zero attached hydrogens (tertiary/aromatic N) is 4. The first-order valence-electron chi connectivity index (χ1n) is 8.63. The zero-order valence-corrected chi connectivity index (χ0v) is 15.8. The number of halogens is 1. The van der Waals surface area contributed by atoms with Crippen LogP contribution in [0.5, 0.6) is 0 Å². The lowest BCUT2D eigenvalue weighted by Crippen LogP contribution is -2.61. The van der Waals surface area contributed by atoms with E-state index in [1.54, 1.807) is 11.8 Å². The lowest BCUT2D eigenvalue weighted by Gasteiger charge is -2.60. The summed E-state index contributed by atoms with van der Waals surface area (Å²) in [5.41, 5.74) is -0.292. The van der Waals surface area contributed by atoms with Crippen molar-refractivity contribution in [1.82, 2.24) is 20.1 Å². The number of carbonyl (C=O) groups is 1. The lowest BCUT2D eigenvalue weighted by atomic mass is 9.46. The van der Waals surface area contributed by atoms with Gasteiger partial charge in [0.05, 0.1) is 17.5 Å². The molecule has 5 aliphatic rings. The topological polar surface area (TPSA) is 72.2 Å². The second kappa shape index (κ2) is 5.30. The molecular weight excluding hydrogens is 390 g/mol. The Morgan fingerprint density at radius 2 is 2.12 bits per heavy atom. The van der Waals surface area contributed by atoms with Gasteiger partial charge in [0.15, 0.2) is 5.17 Å². The van der Waals surface area contributed by atoms with Crippen molar-refractivity contribution >= 4 is 38.8 Å². The summed E-state index contributed by atoms with van der Waals surface area (Å²) in [6, 6.07) is 0. The first kappa shape index (κ1) is 15.4. The molecular formula is C16H20BrN5OS. The molecule has 4 saturated carbocycles. The molecule has 0 radical (unpaired) electrons. The van der Waals surface area contributed by atoms with Crippen molar-refractivity contribution in [3.05, 3.63) is 11.1 Å². The van der Waals surface area contributed by atoms with E-state index in [9.17, 15) is 4.79 Å². The van der Waals surface area contributed by atoms with Crippen LogP contribution in [0.3, 0.4) is 0 Å². The summed E-state index contributed by atoms with van der Waals surface area (Å²) < 4.78 is 2.67. The molecule has 6 rings (SSSR count). The molecule has 1 aromatic heterocycles. The number of hydrogen-bond acceptors (Lipinski definition) is 5. The maximum absolute atomic E-state index is 13.2. The molecule has 0 saturated heterocycles. The molecule has 0 aromatic carbocycles. The predicted octanol–water partition coefficient (Wildman–Crippen LogP) is 2.56. The number of aliphatic imine (C=N–C) groups is 1. The minimum absolute atomic E-state index is 0.0366. The number of nitrogens with one attached hydrogen (secondary N) is 1. The Kier molecular flexibility index (Phi) is 3.40. The Morgan fingerprint density at radius 1 is 1.33 bits per heavy atom. The summed E-state index contributed by atoms with van der Waals surface area (Å²) in [6.45, 7) is 0.815. The maximum atomic E-state index is 13.2. The summed E-state index contributed by atoms with van der Waals surface area (Å²) in [6.07, 6.45) is 8.28. The highest BCUT2D eigenvalue weighted by Crippen LogP contribution is 2.64. The minimum atomic E-state index is -0.256. The van der Waals surface area contributed by atoms with Gasteiger partial charge in [-0.2, -0.15) is 0 Å². The fourth-order valence-corrected chi connectivity index (χ4v) is 6.85. The second-order valence-electron chi connectivity index (χ2n) is 7.91. The van der Waals surface area contributed by atoms with Gasteiger partial charge in [-0.25, -0.2) is 9.67 Å². The quantitative estimate of drug-likeness (QED) is 0.814. The molecule has 2 heterocycles. The van der Waals surface area contributed by atoms with Crippen molar-refractivity contribution in [2.24, 2.45) is 22.2 Å². The van der Waals surface area contributed by atoms with Crippen LogP contribution >= 0.6 is 27.7 Å². The van der Waals surface area contributed by atoms with E-state index in [1.807, 2.05) is 11.0 Å². The van der Waals surface area contributed by atoms with Gasteiger partial charge in [0, 0.05) is 5.75 Å². The normalized spacial score (nSPS) is 40.0. The van der Waals surface area contributed by atoms with E-state index in [4.69, 9.17) is 0 Å². The van der Waals surface area contributed by atoms with Gasteiger partial charge in [0.25, 0.3) is 0 Å². The smallest absolute Gasteiger partial charge is 0.232 e. The van der Waals surface area contributed by atoms with Crippen LogP contribution in [-0.4, -0.2) is 38.1 Å². The Hall–Kier alpha value is -0.890. The Morgan fingerprint density at radius 3 is 2.75 bits per heavy atom. The van der Waals surface area contributed by atoms with Crippen molar-refractivity contribution in [2.75, 3.05) is 12.3 Å². The monoisotopic (exact) mass is 409 g/mol. The molecule has 1 aromatic rings. The average molecular weight is 410 g/mol. The van der Waals surface area contributed by atoms with Crippen LogP contribution in [-0.2, 0) is 10.3 Å². The maximum Gasteiger partial charge on any atom is 0.232 e. The highest BCUT2D eigenvalue weighted by molar-refractivity contribution is 9.10. The summed E-state index contributed by atoms with van der Waals surface area (Å²) in [4.78, 5) is 21.8. The lowest BCUT2D eigenvalue weighted by molar-refractivity contribution is -0.154. The number of thioether (sulfide) groups is 1. The van der Waals surface area contributed by atoms with E-state index in [2.05, 4.69) is 36.3 Å². The van der Waals surface area contributed by atoms with Crippen LogP contribution < -0.4 is 5.32 Å². The van der Waals surface area contributed by atoms with E-state index in [1.165, 1.54) is 6.42 Å². The molecule has 1 N–H and O–H groups in total. The van der Waals surface area contributed by atoms with Gasteiger partial charge in [-0.15, -0.1) is 5.10 Å². The van der Waals surface area contributed by atoms with Crippen molar-refractivity contribution in [3.63, 3.8) is 0 Å². The van der Waals surface area contributed by atoms with Gasteiger partial charge >= 0.3 is 0 Å². The van der Waals surface area contributed by atoms with Crippen molar-refractivity contribution in [2.45, 2.75) is 44.1 Å². The first-order chi connectivity index (χ1) is 11.6. The highest BCUT2D eigenvalue weighted by atomic mass is 79.9. The van der Waals surface area contributed by atoms with E-state index >= 15 is 0 Å². The van der Waals surface area contributed by atoms with E-state index < -0.39 is 0 Å². The molecule has 1 aliphatic heterocycles. The average Bonchev–Trinajstić information content (AvgIpc) is 3.17. The SMILES string of the molecule is O=C(NC1=NCCS1)C12C[C@H]3C[C@@H](C1)CC(n1cnc(Br)n1)(C3)C2. The minimum Gasteiger partial charge on any atom is -0.305 e. The number of carbonyl (C=O) groups excluding carboxylic acids is 1. The molecule has 6 nitrogen and oxygen atoms in total. The number of aromatic nitrogens is 3. The van der Waals surface area contributed by atoms with Crippen LogP contribution in [0.15, 0.2) is 16.1 Å². The van der Waals surface area contributed by atoms with Gasteiger partial charge in [0.1, 0.15) is 6.33 Å². The molecule has 1 amide bonds. The van der Waals surface area contributed by atoms with Gasteiger partial charge in [-0.1, -0.05) is 11.8 Å². The van der Waals surface area contributed by atoms with Gasteiger partial charge in [-0.05, 0) is 66.3 Å². The summed E-state index contributed by atoms with van der Waals surface area (Å²) in [7, 11) is 0. The summed E-state index contributed by atoms with van der Waals surface area (Å²) in [5, 5.41) is 8.50. The van der Waals surface area contributed by atoms with Gasteiger partial charge in [0.2, 0.25) is 10.6 Å². The fourth-order valence-electron chi connectivity index (χ4n) is 5.86. The number of amidine groups is 1. The third-order valence-electron chi connectivity index (χ3n) is 6.27. The first-order valence-corrected chi connectivity index (χ1v) is 10.4. The molecule has 24 heavy (non-hydrogen) atoms. The van der Waals surface area contributed by atoms with Gasteiger partial charge in [-0.3, -0.25) is 9.79 Å². The van der Waals surface area contributed by atoms with Crippen LogP contribution in [0.1, 0.15) is 38.5 Å². The molecule has 4 bridgehead atoms. The zero-order chi connectivity index (χ0) is 16.4. The predicted molar refractivity (Wildman–Crippen MR) is 95.7 cm³/mol. The fraction of sp³-hybridized carbons (Fsp3) is 0.750. The third-order valence-corrected chi connectivity index (χ3v) is 7.52. The van der Waals surface area contributed by atoms with Crippen molar-refractivity contribution < 1.29 is 4.79 Å². The zero-order valence-electron chi connectivity index (χ0n) is 13.4. The number of hydrogen-bond donors (Lipinski definition) is 1. The Labute approximate surface area is 153 Å². The molecule has 128 valence electrons. The molecule has 0 spiro atoms. The highest BCUT2D eigenvalue weighted by Gasteiger charge is 2.61. The van der Waals surface area contributed by atoms with Crippen LogP contribution in [0.2, 0.25) is 0 Å². The van der Waals surface area contributed by atoms with Crippen molar-refractivity contribution in [3.8, 4) is 0 Å². The number of rotatable bonds is 2. The van der Waals surface area contributed by atoms with Gasteiger partial charge < -0.3 is 5.32 Å². The molecule has 2 unspecified atom stereocenters. The molecule has 4 atom stereocenters. The summed E-state index contributed by atoms with van der Waals surface area (Å²) in [5.74, 6) is 2.41. The Balaban J connectivity index is 1.48. The Bertz CT molecular complexity index is 718. The second-order valence-corrected chi connectivity index (χ2v) is 9.71. The molecule has 4 fully saturated rings. The third kappa shape index (κ3) is 2.29. The standard InChI is InChI=1S/C16H20BrN5OS/c17-13-19-9-22(21-13)16-6-10-3-11(7-16)5-15(4-10,8-16)12(23)20-14-18-1-2-24-14/h9-11H,1-8H2,(H,18,20,23)/t10-,11+,15?,16?. The number of amides is 1. The van der Waals surface area contributed by atoms with E-state index in [-0.39, 0.29) is 16.9 Å². The van der Waals surface area contributed by atoms with Crippen LogP contribution in [0.25, 0.3) is 0 Å². The largest absolute Gasteiger partial charge is 0.305 e. The summed E-state index contributed by atoms with van der Waals surface area (Å²) >= 11 is 5.03. The van der Waals surface area contributed by atoms with Crippen molar-refractivity contribution in [1.29, 1.82) is 0 Å². The van der Waals surface area contributed by atoms with Crippen LogP contribution in [0, 0.1) is 17.3 Å². The molecule has 8 heteroatoms. The molecule has 4 aliphatic carbocycles. The van der Waals surface area contributed by atoms with E-state index in [0.717, 1.165) is 49.6 Å². The van der Waals surface area contributed by atoms with E-state index in [0.29, 0.717) is 16.6 Å². The van der Waals surface area contributed by atoms with Crippen LogP contribution in [0.4, 0.5) is 0 Å².